The van der Waals surface area contributed by atoms with Gasteiger partial charge in [0.25, 0.3) is 0 Å². The molecule has 9 heteroatoms. The van der Waals surface area contributed by atoms with Crippen LogP contribution >= 0.6 is 24.0 Å². The van der Waals surface area contributed by atoms with E-state index in [1.165, 1.54) is 0 Å². The summed E-state index contributed by atoms with van der Waals surface area (Å²) in [7, 11) is 4.80. The van der Waals surface area contributed by atoms with Crippen LogP contribution < -0.4 is 18.9 Å². The van der Waals surface area contributed by atoms with Crippen molar-refractivity contribution < 1.29 is 28.8 Å². The quantitative estimate of drug-likeness (QED) is 0.187. The van der Waals surface area contributed by atoms with Crippen molar-refractivity contribution in [2.75, 3.05) is 27.9 Å². The molecular weight excluding hydrogens is 553 g/mol. The van der Waals surface area contributed by atoms with Gasteiger partial charge in [-0.1, -0.05) is 49.2 Å². The molecule has 1 unspecified atom stereocenters. The number of carbonyl (C=O) groups is 1. The van der Waals surface area contributed by atoms with E-state index in [0.717, 1.165) is 24.0 Å². The van der Waals surface area contributed by atoms with Gasteiger partial charge >= 0.3 is 5.97 Å². The highest BCUT2D eigenvalue weighted by Gasteiger charge is 2.32. The molecule has 0 heterocycles. The van der Waals surface area contributed by atoms with Crippen molar-refractivity contribution >= 4 is 30.0 Å². The van der Waals surface area contributed by atoms with Gasteiger partial charge in [-0.2, -0.15) is 0 Å². The number of nitrogens with zero attached hydrogens (tertiary/aromatic N) is 1. The fourth-order valence-corrected chi connectivity index (χ4v) is 4.79. The van der Waals surface area contributed by atoms with Crippen LogP contribution in [0.5, 0.6) is 23.0 Å². The van der Waals surface area contributed by atoms with Crippen molar-refractivity contribution in [2.24, 2.45) is 0 Å². The summed E-state index contributed by atoms with van der Waals surface area (Å²) in [5.41, 5.74) is 2.51. The highest BCUT2D eigenvalue weighted by Crippen LogP contribution is 2.34. The Morgan fingerprint density at radius 2 is 1.52 bits per heavy atom. The van der Waals surface area contributed by atoms with Gasteiger partial charge < -0.3 is 24.1 Å². The van der Waals surface area contributed by atoms with Crippen LogP contribution in [0, 0.1) is 0 Å². The zero-order valence-corrected chi connectivity index (χ0v) is 25.3. The first-order valence-corrected chi connectivity index (χ1v) is 13.4. The van der Waals surface area contributed by atoms with E-state index in [4.69, 9.17) is 30.5 Å². The number of halogens is 2. The Hall–Kier alpha value is -3.13. The molecule has 0 spiro atoms. The normalized spacial score (nSPS) is 12.3. The lowest BCUT2D eigenvalue weighted by atomic mass is 9.98. The Kier molecular flexibility index (Phi) is 13.4. The second kappa shape index (κ2) is 16.2. The summed E-state index contributed by atoms with van der Waals surface area (Å²) in [5, 5.41) is 10.9. The van der Waals surface area contributed by atoms with Gasteiger partial charge in [0.1, 0.15) is 6.04 Å². The lowest BCUT2D eigenvalue weighted by Gasteiger charge is -2.35. The molecule has 0 fully saturated rings. The minimum Gasteiger partial charge on any atom is -0.493 e. The van der Waals surface area contributed by atoms with E-state index in [9.17, 15) is 9.90 Å². The van der Waals surface area contributed by atoms with Crippen molar-refractivity contribution in [3.05, 3.63) is 82.4 Å². The minimum atomic E-state index is -0.956. The standard InChI is InChI=1S/C31H38ClNO6.ClH/c1-6-7-15-39-27-14-12-23(18-29(27)38-5)20-33(30(31(34)35)24-9-8-10-25(32)19-24)21(2)16-22-11-13-26(36-3)28(17-22)37-4;/h8-14,17-19,21,30H,6-7,15-16,20H2,1-5H3,(H,34,35);1H/t21?,30-;/m1./s1. The van der Waals surface area contributed by atoms with Crippen LogP contribution in [0.25, 0.3) is 0 Å². The van der Waals surface area contributed by atoms with Crippen molar-refractivity contribution in [1.82, 2.24) is 4.90 Å². The van der Waals surface area contributed by atoms with Crippen LogP contribution in [0.3, 0.4) is 0 Å². The number of ether oxygens (including phenoxy) is 4. The molecular formula is C31H39Cl2NO6. The number of hydrogen-bond acceptors (Lipinski definition) is 6. The average Bonchev–Trinajstić information content (AvgIpc) is 2.93. The number of carboxylic acids is 1. The van der Waals surface area contributed by atoms with E-state index in [1.807, 2.05) is 48.2 Å². The molecule has 0 bridgehead atoms. The molecule has 3 aromatic carbocycles. The number of carboxylic acid groups (broad SMARTS) is 1. The summed E-state index contributed by atoms with van der Waals surface area (Å²) >= 11 is 6.27. The summed E-state index contributed by atoms with van der Waals surface area (Å²) in [4.78, 5) is 14.7. The third kappa shape index (κ3) is 8.68. The smallest absolute Gasteiger partial charge is 0.325 e. The molecule has 0 aliphatic rings. The Labute approximate surface area is 248 Å². The number of unbranched alkanes of at least 4 members (excludes halogenated alkanes) is 1. The third-order valence-electron chi connectivity index (χ3n) is 6.62. The van der Waals surface area contributed by atoms with E-state index in [2.05, 4.69) is 6.92 Å². The average molecular weight is 593 g/mol. The maximum atomic E-state index is 12.7. The van der Waals surface area contributed by atoms with E-state index in [0.29, 0.717) is 53.2 Å². The van der Waals surface area contributed by atoms with Gasteiger partial charge in [-0.25, -0.2) is 0 Å². The van der Waals surface area contributed by atoms with Gasteiger partial charge in [0.05, 0.1) is 27.9 Å². The van der Waals surface area contributed by atoms with Crippen molar-refractivity contribution in [2.45, 2.75) is 51.7 Å². The van der Waals surface area contributed by atoms with Gasteiger partial charge in [0.2, 0.25) is 0 Å². The first kappa shape index (κ1) is 33.1. The highest BCUT2D eigenvalue weighted by molar-refractivity contribution is 6.30. The Bertz CT molecular complexity index is 1240. The number of hydrogen-bond donors (Lipinski definition) is 1. The molecule has 0 aliphatic heterocycles. The Morgan fingerprint density at radius 3 is 2.15 bits per heavy atom. The summed E-state index contributed by atoms with van der Waals surface area (Å²) in [6, 6.07) is 17.4. The second-order valence-corrected chi connectivity index (χ2v) is 9.83. The molecule has 0 amide bonds. The van der Waals surface area contributed by atoms with Crippen molar-refractivity contribution in [3.8, 4) is 23.0 Å². The third-order valence-corrected chi connectivity index (χ3v) is 6.86. The molecule has 7 nitrogen and oxygen atoms in total. The van der Waals surface area contributed by atoms with E-state index >= 15 is 0 Å². The van der Waals surface area contributed by atoms with Crippen LogP contribution in [0.15, 0.2) is 60.7 Å². The summed E-state index contributed by atoms with van der Waals surface area (Å²) < 4.78 is 22.4. The van der Waals surface area contributed by atoms with Crippen LogP contribution in [0.1, 0.15) is 49.4 Å². The number of aliphatic carboxylic acids is 1. The SMILES string of the molecule is CCCCOc1ccc(CN(C(C)Cc2ccc(OC)c(OC)c2)[C@@H](C(=O)O)c2cccc(Cl)c2)cc1OC.Cl. The molecule has 0 radical (unpaired) electrons. The maximum absolute atomic E-state index is 12.7. The first-order chi connectivity index (χ1) is 18.8. The fraction of sp³-hybridized carbons (Fsp3) is 0.387. The van der Waals surface area contributed by atoms with E-state index in [1.54, 1.807) is 45.6 Å². The van der Waals surface area contributed by atoms with Crippen LogP contribution in [0.2, 0.25) is 5.02 Å². The zero-order chi connectivity index (χ0) is 28.4. The molecule has 0 aliphatic carbocycles. The molecule has 218 valence electrons. The summed E-state index contributed by atoms with van der Waals surface area (Å²) in [6.45, 7) is 5.11. The van der Waals surface area contributed by atoms with Gasteiger partial charge in [0, 0.05) is 17.6 Å². The zero-order valence-electron chi connectivity index (χ0n) is 23.7. The highest BCUT2D eigenvalue weighted by atomic mass is 35.5. The summed E-state index contributed by atoms with van der Waals surface area (Å²) in [5.74, 6) is 1.60. The van der Waals surface area contributed by atoms with Gasteiger partial charge in [-0.15, -0.1) is 12.4 Å². The largest absolute Gasteiger partial charge is 0.493 e. The summed E-state index contributed by atoms with van der Waals surface area (Å²) in [6.07, 6.45) is 2.57. The van der Waals surface area contributed by atoms with Gasteiger partial charge in [-0.05, 0) is 72.9 Å². The monoisotopic (exact) mass is 591 g/mol. The predicted octanol–water partition coefficient (Wildman–Crippen LogP) is 7.23. The number of benzene rings is 3. The lowest BCUT2D eigenvalue weighted by molar-refractivity contribution is -0.145. The molecule has 1 N–H and O–H groups in total. The maximum Gasteiger partial charge on any atom is 0.325 e. The molecule has 3 aromatic rings. The van der Waals surface area contributed by atoms with Crippen LogP contribution in [-0.2, 0) is 17.8 Å². The molecule has 2 atom stereocenters. The van der Waals surface area contributed by atoms with Gasteiger partial charge in [0.15, 0.2) is 23.0 Å². The molecule has 40 heavy (non-hydrogen) atoms. The molecule has 3 rings (SSSR count). The van der Waals surface area contributed by atoms with Crippen LogP contribution in [0.4, 0.5) is 0 Å². The second-order valence-electron chi connectivity index (χ2n) is 9.40. The topological polar surface area (TPSA) is 77.5 Å². The number of rotatable bonds is 15. The van der Waals surface area contributed by atoms with Gasteiger partial charge in [-0.3, -0.25) is 9.69 Å². The van der Waals surface area contributed by atoms with E-state index < -0.39 is 12.0 Å². The lowest BCUT2D eigenvalue weighted by Crippen LogP contribution is -2.41. The Balaban J connectivity index is 0.00000560. The first-order valence-electron chi connectivity index (χ1n) is 13.1. The Morgan fingerprint density at radius 1 is 0.900 bits per heavy atom. The minimum absolute atomic E-state index is 0. The fourth-order valence-electron chi connectivity index (χ4n) is 4.59. The molecule has 0 aromatic heterocycles. The van der Waals surface area contributed by atoms with Crippen molar-refractivity contribution in [1.29, 1.82) is 0 Å². The number of methoxy groups -OCH3 is 3. The molecule has 0 saturated carbocycles. The van der Waals surface area contributed by atoms with Crippen molar-refractivity contribution in [3.63, 3.8) is 0 Å². The molecule has 0 saturated heterocycles. The van der Waals surface area contributed by atoms with Crippen LogP contribution in [-0.4, -0.2) is 50.0 Å². The predicted molar refractivity (Wildman–Crippen MR) is 161 cm³/mol. The van der Waals surface area contributed by atoms with E-state index in [-0.39, 0.29) is 18.4 Å².